The Morgan fingerprint density at radius 1 is 1.14 bits per heavy atom. The third-order valence-electron chi connectivity index (χ3n) is 5.19. The largest absolute Gasteiger partial charge is 0.445 e. The van der Waals surface area contributed by atoms with Gasteiger partial charge in [0.15, 0.2) is 11.5 Å². The van der Waals surface area contributed by atoms with Crippen molar-refractivity contribution >= 4 is 17.6 Å². The van der Waals surface area contributed by atoms with Gasteiger partial charge >= 0.3 is 6.09 Å². The molecule has 0 saturated heterocycles. The molecule has 2 amide bonds. The lowest BCUT2D eigenvalue weighted by atomic mass is 10.1. The van der Waals surface area contributed by atoms with E-state index in [1.807, 2.05) is 35.6 Å². The number of rotatable bonds is 12. The topological polar surface area (TPSA) is 153 Å². The molecule has 0 spiro atoms. The average Bonchev–Trinajstić information content (AvgIpc) is 3.29. The smallest absolute Gasteiger partial charge is 0.407 e. The van der Waals surface area contributed by atoms with Gasteiger partial charge < -0.3 is 30.9 Å². The van der Waals surface area contributed by atoms with Crippen LogP contribution in [0.4, 0.5) is 13.6 Å². The van der Waals surface area contributed by atoms with Crippen LogP contribution in [0.3, 0.4) is 0 Å². The van der Waals surface area contributed by atoms with Gasteiger partial charge in [-0.3, -0.25) is 9.20 Å². The standard InChI is InChI=1S/C24H30F2N6O5/c1-23(2,27)21(34)29-18(13-36-11-16-6-4-3-5-7-16)20-31-30-19-10-17(8-9-32(19)20)12-37-22(35)28-14-24(25,26)15-33/h3-10,18,33H,11-15,27H2,1-2H3,(H,28,35)(H,29,34)/t18-/m1/s1. The normalized spacial score (nSPS) is 12.8. The highest BCUT2D eigenvalue weighted by Crippen LogP contribution is 2.17. The fourth-order valence-electron chi connectivity index (χ4n) is 3.13. The minimum Gasteiger partial charge on any atom is -0.445 e. The maximum Gasteiger partial charge on any atom is 0.407 e. The monoisotopic (exact) mass is 520 g/mol. The van der Waals surface area contributed by atoms with Crippen LogP contribution in [0, 0.1) is 0 Å². The molecule has 0 fully saturated rings. The molecule has 2 heterocycles. The lowest BCUT2D eigenvalue weighted by molar-refractivity contribution is -0.126. The SMILES string of the molecule is CC(C)(N)C(=O)N[C@H](COCc1ccccc1)c1nnc2cc(COC(=O)NCC(F)(F)CO)ccn12. The summed E-state index contributed by atoms with van der Waals surface area (Å²) in [6.07, 6.45) is 0.573. The number of hydrogen-bond donors (Lipinski definition) is 4. The van der Waals surface area contributed by atoms with Gasteiger partial charge in [0.1, 0.15) is 19.3 Å². The number of fused-ring (bicyclic) bond motifs is 1. The Kier molecular flexibility index (Phi) is 9.08. The molecule has 0 aliphatic rings. The van der Waals surface area contributed by atoms with Crippen molar-refractivity contribution < 1.29 is 33.0 Å². The van der Waals surface area contributed by atoms with Crippen molar-refractivity contribution in [3.05, 3.63) is 65.6 Å². The van der Waals surface area contributed by atoms with E-state index >= 15 is 0 Å². The molecule has 1 atom stereocenters. The second-order valence-electron chi connectivity index (χ2n) is 9.01. The summed E-state index contributed by atoms with van der Waals surface area (Å²) in [5, 5.41) is 21.6. The predicted octanol–water partition coefficient (Wildman–Crippen LogP) is 1.69. The van der Waals surface area contributed by atoms with Crippen LogP contribution in [0.15, 0.2) is 48.7 Å². The van der Waals surface area contributed by atoms with Crippen LogP contribution in [-0.2, 0) is 27.5 Å². The highest BCUT2D eigenvalue weighted by molar-refractivity contribution is 5.85. The number of nitrogens with two attached hydrogens (primary N) is 1. The number of halogens is 2. The summed E-state index contributed by atoms with van der Waals surface area (Å²) in [5.74, 6) is -3.44. The molecule has 0 aliphatic carbocycles. The predicted molar refractivity (Wildman–Crippen MR) is 128 cm³/mol. The molecule has 0 bridgehead atoms. The maximum atomic E-state index is 13.0. The fourth-order valence-corrected chi connectivity index (χ4v) is 3.13. The Hall–Kier alpha value is -3.68. The molecule has 3 rings (SSSR count). The Bertz CT molecular complexity index is 1200. The van der Waals surface area contributed by atoms with Gasteiger partial charge in [-0.25, -0.2) is 13.6 Å². The first-order valence-electron chi connectivity index (χ1n) is 11.4. The second-order valence-corrected chi connectivity index (χ2v) is 9.01. The Balaban J connectivity index is 1.70. The Morgan fingerprint density at radius 3 is 2.54 bits per heavy atom. The number of ether oxygens (including phenoxy) is 2. The number of nitrogens with zero attached hydrogens (tertiary/aromatic N) is 3. The summed E-state index contributed by atoms with van der Waals surface area (Å²) in [6, 6.07) is 12.1. The van der Waals surface area contributed by atoms with Crippen LogP contribution in [0.25, 0.3) is 5.65 Å². The van der Waals surface area contributed by atoms with Crippen molar-refractivity contribution in [2.45, 2.75) is 44.6 Å². The van der Waals surface area contributed by atoms with E-state index in [0.29, 0.717) is 23.6 Å². The summed E-state index contributed by atoms with van der Waals surface area (Å²) in [5.41, 5.74) is 6.71. The molecule has 1 aromatic carbocycles. The molecule has 5 N–H and O–H groups in total. The van der Waals surface area contributed by atoms with Crippen LogP contribution in [-0.4, -0.2) is 62.9 Å². The number of pyridine rings is 1. The number of alkyl halides is 2. The average molecular weight is 521 g/mol. The summed E-state index contributed by atoms with van der Waals surface area (Å²) >= 11 is 0. The van der Waals surface area contributed by atoms with Crippen molar-refractivity contribution in [2.75, 3.05) is 19.8 Å². The van der Waals surface area contributed by atoms with Gasteiger partial charge in [0.25, 0.3) is 5.92 Å². The van der Waals surface area contributed by atoms with Gasteiger partial charge in [-0.2, -0.15) is 0 Å². The number of carbonyl (C=O) groups is 2. The van der Waals surface area contributed by atoms with E-state index in [1.54, 1.807) is 36.6 Å². The van der Waals surface area contributed by atoms with Gasteiger partial charge in [0.2, 0.25) is 5.91 Å². The van der Waals surface area contributed by atoms with E-state index in [-0.39, 0.29) is 13.2 Å². The first kappa shape index (κ1) is 27.9. The van der Waals surface area contributed by atoms with Crippen LogP contribution >= 0.6 is 0 Å². The maximum absolute atomic E-state index is 13.0. The summed E-state index contributed by atoms with van der Waals surface area (Å²) in [7, 11) is 0. The number of benzene rings is 1. The van der Waals surface area contributed by atoms with Crippen LogP contribution in [0.1, 0.15) is 36.8 Å². The number of alkyl carbamates (subject to hydrolysis) is 1. The van der Waals surface area contributed by atoms with Crippen molar-refractivity contribution in [1.29, 1.82) is 0 Å². The number of amides is 2. The quantitative estimate of drug-likeness (QED) is 0.282. The summed E-state index contributed by atoms with van der Waals surface area (Å²) < 4.78 is 38.5. The minimum absolute atomic E-state index is 0.0982. The molecule has 3 aromatic rings. The van der Waals surface area contributed by atoms with E-state index in [0.717, 1.165) is 5.56 Å². The molecule has 0 radical (unpaired) electrons. The van der Waals surface area contributed by atoms with Crippen molar-refractivity contribution in [3.8, 4) is 0 Å². The molecule has 0 saturated carbocycles. The highest BCUT2D eigenvalue weighted by atomic mass is 19.3. The van der Waals surface area contributed by atoms with E-state index in [1.165, 1.54) is 0 Å². The lowest BCUT2D eigenvalue weighted by Gasteiger charge is -2.23. The molecular weight excluding hydrogens is 490 g/mol. The third-order valence-corrected chi connectivity index (χ3v) is 5.19. The van der Waals surface area contributed by atoms with E-state index in [9.17, 15) is 18.4 Å². The zero-order chi connectivity index (χ0) is 27.1. The number of hydrogen-bond acceptors (Lipinski definition) is 8. The van der Waals surface area contributed by atoms with Gasteiger partial charge in [0, 0.05) is 6.20 Å². The fraction of sp³-hybridized carbons (Fsp3) is 0.417. The Labute approximate surface area is 212 Å². The molecule has 0 aliphatic heterocycles. The number of aromatic nitrogens is 3. The first-order valence-corrected chi connectivity index (χ1v) is 11.4. The van der Waals surface area contributed by atoms with Gasteiger partial charge in [-0.05, 0) is 37.1 Å². The summed E-state index contributed by atoms with van der Waals surface area (Å²) in [6.45, 7) is 0.940. The highest BCUT2D eigenvalue weighted by Gasteiger charge is 2.29. The van der Waals surface area contributed by atoms with Crippen molar-refractivity contribution in [2.24, 2.45) is 5.73 Å². The second kappa shape index (κ2) is 12.0. The van der Waals surface area contributed by atoms with Crippen molar-refractivity contribution in [3.63, 3.8) is 0 Å². The number of aliphatic hydroxyl groups is 1. The van der Waals surface area contributed by atoms with E-state index < -0.39 is 42.7 Å². The first-order chi connectivity index (χ1) is 17.5. The Morgan fingerprint density at radius 2 is 1.86 bits per heavy atom. The molecule has 13 heteroatoms. The van der Waals surface area contributed by atoms with E-state index in [2.05, 4.69) is 15.5 Å². The van der Waals surface area contributed by atoms with Crippen LogP contribution in [0.2, 0.25) is 0 Å². The zero-order valence-electron chi connectivity index (χ0n) is 20.5. The van der Waals surface area contributed by atoms with Crippen LogP contribution < -0.4 is 16.4 Å². The van der Waals surface area contributed by atoms with E-state index in [4.69, 9.17) is 20.3 Å². The number of nitrogens with one attached hydrogen (secondary N) is 2. The number of aliphatic hydroxyl groups excluding tert-OH is 1. The molecule has 200 valence electrons. The lowest BCUT2D eigenvalue weighted by Crippen LogP contribution is -2.50. The van der Waals surface area contributed by atoms with Crippen molar-refractivity contribution in [1.82, 2.24) is 25.2 Å². The molecule has 0 unspecified atom stereocenters. The third kappa shape index (κ3) is 8.17. The molecule has 37 heavy (non-hydrogen) atoms. The summed E-state index contributed by atoms with van der Waals surface area (Å²) in [4.78, 5) is 24.3. The number of carbonyl (C=O) groups excluding carboxylic acids is 2. The molecular formula is C24H30F2N6O5. The van der Waals surface area contributed by atoms with Gasteiger partial charge in [-0.1, -0.05) is 30.3 Å². The van der Waals surface area contributed by atoms with Crippen LogP contribution in [0.5, 0.6) is 0 Å². The zero-order valence-corrected chi connectivity index (χ0v) is 20.5. The van der Waals surface area contributed by atoms with Gasteiger partial charge in [-0.15, -0.1) is 10.2 Å². The molecule has 11 nitrogen and oxygen atoms in total. The van der Waals surface area contributed by atoms with Gasteiger partial charge in [0.05, 0.1) is 25.3 Å². The molecule has 2 aromatic heterocycles. The minimum atomic E-state index is -3.44.